The first-order valence-electron chi connectivity index (χ1n) is 6.35. The van der Waals surface area contributed by atoms with Gasteiger partial charge in [0, 0.05) is 25.2 Å². The van der Waals surface area contributed by atoms with Crippen molar-refractivity contribution in [3.63, 3.8) is 0 Å². The molecule has 0 amide bonds. The molecule has 0 N–H and O–H groups in total. The van der Waals surface area contributed by atoms with Gasteiger partial charge in [-0.05, 0) is 19.3 Å². The van der Waals surface area contributed by atoms with E-state index in [2.05, 4.69) is 18.9 Å². The van der Waals surface area contributed by atoms with E-state index in [1.807, 2.05) is 6.92 Å². The lowest BCUT2D eigenvalue weighted by Crippen LogP contribution is -2.35. The van der Waals surface area contributed by atoms with Crippen LogP contribution in [-0.2, 0) is 16.6 Å². The molecule has 0 saturated carbocycles. The number of halogens is 1. The number of sulfonamides is 1. The fraction of sp³-hybridized carbons (Fsp3) is 0.750. The molecule has 1 unspecified atom stereocenters. The van der Waals surface area contributed by atoms with E-state index in [0.717, 1.165) is 6.42 Å². The van der Waals surface area contributed by atoms with Crippen molar-refractivity contribution in [1.29, 1.82) is 0 Å². The normalized spacial score (nSPS) is 14.3. The maximum Gasteiger partial charge on any atom is 0.246 e. The van der Waals surface area contributed by atoms with Crippen LogP contribution in [0.15, 0.2) is 17.3 Å². The molecule has 0 radical (unpaired) electrons. The molecule has 1 aromatic heterocycles. The predicted molar refractivity (Wildman–Crippen MR) is 76.8 cm³/mol. The average molecular weight is 308 g/mol. The van der Waals surface area contributed by atoms with E-state index in [0.29, 0.717) is 18.3 Å². The molecule has 110 valence electrons. The molecule has 5 nitrogen and oxygen atoms in total. The largest absolute Gasteiger partial charge is 0.270 e. The van der Waals surface area contributed by atoms with Crippen molar-refractivity contribution in [3.05, 3.63) is 12.4 Å². The number of aromatic nitrogens is 2. The zero-order chi connectivity index (χ0) is 14.6. The summed E-state index contributed by atoms with van der Waals surface area (Å²) >= 11 is 5.61. The van der Waals surface area contributed by atoms with Crippen molar-refractivity contribution in [1.82, 2.24) is 14.1 Å². The SMILES string of the molecule is CC(C)CC(C)N(C)S(=O)(=O)c1cnn(CCCl)c1. The lowest BCUT2D eigenvalue weighted by atomic mass is 10.1. The fourth-order valence-corrected chi connectivity index (χ4v) is 3.42. The number of aryl methyl sites for hydroxylation is 1. The van der Waals surface area contributed by atoms with Crippen LogP contribution in [0.4, 0.5) is 0 Å². The van der Waals surface area contributed by atoms with Crippen molar-refractivity contribution in [2.75, 3.05) is 12.9 Å². The lowest BCUT2D eigenvalue weighted by molar-refractivity contribution is 0.338. The number of rotatable bonds is 7. The molecule has 0 aliphatic heterocycles. The summed E-state index contributed by atoms with van der Waals surface area (Å²) in [7, 11) is -1.86. The summed E-state index contributed by atoms with van der Waals surface area (Å²) in [6, 6.07) is -0.0404. The zero-order valence-electron chi connectivity index (χ0n) is 11.9. The van der Waals surface area contributed by atoms with E-state index in [9.17, 15) is 8.42 Å². The van der Waals surface area contributed by atoms with E-state index in [-0.39, 0.29) is 10.9 Å². The van der Waals surface area contributed by atoms with Gasteiger partial charge in [0.15, 0.2) is 0 Å². The highest BCUT2D eigenvalue weighted by Crippen LogP contribution is 2.19. The molecule has 1 rings (SSSR count). The molecule has 0 aliphatic carbocycles. The van der Waals surface area contributed by atoms with E-state index in [1.54, 1.807) is 11.7 Å². The van der Waals surface area contributed by atoms with Crippen molar-refractivity contribution in [3.8, 4) is 0 Å². The molecule has 1 aromatic rings. The first-order valence-corrected chi connectivity index (χ1v) is 8.33. The van der Waals surface area contributed by atoms with E-state index in [4.69, 9.17) is 11.6 Å². The van der Waals surface area contributed by atoms with Crippen molar-refractivity contribution in [2.24, 2.45) is 5.92 Å². The monoisotopic (exact) mass is 307 g/mol. The number of hydrogen-bond acceptors (Lipinski definition) is 3. The molecule has 0 bridgehead atoms. The van der Waals surface area contributed by atoms with Crippen LogP contribution in [-0.4, -0.2) is 41.5 Å². The minimum absolute atomic E-state index is 0.0404. The summed E-state index contributed by atoms with van der Waals surface area (Å²) in [6.07, 6.45) is 3.72. The fourth-order valence-electron chi connectivity index (χ4n) is 1.92. The highest BCUT2D eigenvalue weighted by molar-refractivity contribution is 7.89. The Bertz CT molecular complexity index is 499. The third-order valence-electron chi connectivity index (χ3n) is 3.03. The second-order valence-electron chi connectivity index (χ2n) is 5.13. The van der Waals surface area contributed by atoms with Gasteiger partial charge in [0.1, 0.15) is 4.90 Å². The Balaban J connectivity index is 2.89. The third kappa shape index (κ3) is 4.19. The molecular weight excluding hydrogens is 286 g/mol. The summed E-state index contributed by atoms with van der Waals surface area (Å²) in [4.78, 5) is 0.218. The molecule has 0 aliphatic rings. The second-order valence-corrected chi connectivity index (χ2v) is 7.50. The van der Waals surface area contributed by atoms with Crippen molar-refractivity contribution >= 4 is 21.6 Å². The third-order valence-corrected chi connectivity index (χ3v) is 5.13. The Morgan fingerprint density at radius 1 is 1.42 bits per heavy atom. The van der Waals surface area contributed by atoms with Crippen molar-refractivity contribution in [2.45, 2.75) is 44.7 Å². The van der Waals surface area contributed by atoms with Gasteiger partial charge in [0.2, 0.25) is 10.0 Å². The second kappa shape index (κ2) is 6.72. The lowest BCUT2D eigenvalue weighted by Gasteiger charge is -2.24. The van der Waals surface area contributed by atoms with Crippen LogP contribution < -0.4 is 0 Å². The van der Waals surface area contributed by atoms with Gasteiger partial charge in [-0.15, -0.1) is 11.6 Å². The van der Waals surface area contributed by atoms with Crippen LogP contribution in [0.5, 0.6) is 0 Å². The molecule has 0 fully saturated rings. The minimum atomic E-state index is -3.47. The Morgan fingerprint density at radius 2 is 2.05 bits per heavy atom. The minimum Gasteiger partial charge on any atom is -0.270 e. The summed E-state index contributed by atoms with van der Waals surface area (Å²) in [6.45, 7) is 6.58. The quantitative estimate of drug-likeness (QED) is 0.726. The summed E-state index contributed by atoms with van der Waals surface area (Å²) in [5.41, 5.74) is 0. The Hall–Kier alpha value is -0.590. The highest BCUT2D eigenvalue weighted by atomic mass is 35.5. The summed E-state index contributed by atoms with van der Waals surface area (Å²) in [5, 5.41) is 4.00. The van der Waals surface area contributed by atoms with Gasteiger partial charge >= 0.3 is 0 Å². The van der Waals surface area contributed by atoms with Crippen LogP contribution in [0.1, 0.15) is 27.2 Å². The Morgan fingerprint density at radius 3 is 2.58 bits per heavy atom. The number of hydrogen-bond donors (Lipinski definition) is 0. The topological polar surface area (TPSA) is 55.2 Å². The number of nitrogens with zero attached hydrogens (tertiary/aromatic N) is 3. The first-order chi connectivity index (χ1) is 8.78. The molecule has 0 aromatic carbocycles. The van der Waals surface area contributed by atoms with Crippen LogP contribution >= 0.6 is 11.6 Å². The first kappa shape index (κ1) is 16.5. The Labute approximate surface area is 120 Å². The van der Waals surface area contributed by atoms with Crippen LogP contribution in [0.25, 0.3) is 0 Å². The predicted octanol–water partition coefficient (Wildman–Crippen LogP) is 2.18. The molecular formula is C12H22ClN3O2S. The highest BCUT2D eigenvalue weighted by Gasteiger charge is 2.27. The standard InChI is InChI=1S/C12H22ClN3O2S/c1-10(2)7-11(3)15(4)19(17,18)12-8-14-16(9-12)6-5-13/h8-11H,5-7H2,1-4H3. The van der Waals surface area contributed by atoms with Gasteiger partial charge in [-0.3, -0.25) is 4.68 Å². The molecule has 19 heavy (non-hydrogen) atoms. The van der Waals surface area contributed by atoms with E-state index < -0.39 is 10.0 Å². The molecule has 1 atom stereocenters. The average Bonchev–Trinajstić information content (AvgIpc) is 2.76. The summed E-state index contributed by atoms with van der Waals surface area (Å²) < 4.78 is 27.8. The molecule has 1 heterocycles. The van der Waals surface area contributed by atoms with Gasteiger partial charge in [0.05, 0.1) is 12.7 Å². The maximum absolute atomic E-state index is 12.4. The summed E-state index contributed by atoms with van der Waals surface area (Å²) in [5.74, 6) is 0.854. The van der Waals surface area contributed by atoms with Crippen LogP contribution in [0, 0.1) is 5.92 Å². The molecule has 0 saturated heterocycles. The molecule has 0 spiro atoms. The van der Waals surface area contributed by atoms with Gasteiger partial charge in [-0.2, -0.15) is 9.40 Å². The smallest absolute Gasteiger partial charge is 0.246 e. The van der Waals surface area contributed by atoms with Gasteiger partial charge in [-0.1, -0.05) is 13.8 Å². The zero-order valence-corrected chi connectivity index (χ0v) is 13.4. The van der Waals surface area contributed by atoms with Gasteiger partial charge in [-0.25, -0.2) is 8.42 Å². The van der Waals surface area contributed by atoms with Crippen LogP contribution in [0.3, 0.4) is 0 Å². The maximum atomic E-state index is 12.4. The van der Waals surface area contributed by atoms with E-state index in [1.165, 1.54) is 16.7 Å². The van der Waals surface area contributed by atoms with Gasteiger partial charge in [0.25, 0.3) is 0 Å². The van der Waals surface area contributed by atoms with Crippen molar-refractivity contribution < 1.29 is 8.42 Å². The van der Waals surface area contributed by atoms with E-state index >= 15 is 0 Å². The molecule has 7 heteroatoms. The Kier molecular flexibility index (Phi) is 5.82. The number of alkyl halides is 1. The van der Waals surface area contributed by atoms with Crippen LogP contribution in [0.2, 0.25) is 0 Å². The van der Waals surface area contributed by atoms with Gasteiger partial charge < -0.3 is 0 Å².